The molecule has 0 radical (unpaired) electrons. The molecule has 0 saturated carbocycles. The summed E-state index contributed by atoms with van der Waals surface area (Å²) in [5.74, 6) is 2.66. The van der Waals surface area contributed by atoms with Crippen LogP contribution in [-0.4, -0.2) is 37.5 Å². The highest BCUT2D eigenvalue weighted by molar-refractivity contribution is 5.87. The molecule has 2 atom stereocenters. The SMILES string of the molecule is C=C(C)C1CN(C(=C)CCCC2C=CC=C(/C=N/C=C(\C=N/C)C3=CCC(C(C)C)CC3)C=C2)C1. The summed E-state index contributed by atoms with van der Waals surface area (Å²) >= 11 is 0. The van der Waals surface area contributed by atoms with Crippen molar-refractivity contribution in [2.75, 3.05) is 20.1 Å². The van der Waals surface area contributed by atoms with Crippen molar-refractivity contribution in [2.45, 2.75) is 59.3 Å². The standard InChI is InChI=1S/C32H45N3/c1-24(2)29-15-17-30(18-16-29)31(20-33-6)21-34-19-28-12-8-11-27(13-14-28)10-7-9-26(5)35-22-32(23-35)25(3)4/h8,11-14,17,19-21,24,27,29,32H,3,5,7,9-10,15-16,18,22-23H2,1-2,4,6H3/b31-21+,33-20-,34-19+. The second-order valence-electron chi connectivity index (χ2n) is 10.7. The lowest BCUT2D eigenvalue weighted by molar-refractivity contribution is 0.164. The molecule has 0 amide bonds. The van der Waals surface area contributed by atoms with E-state index in [-0.39, 0.29) is 0 Å². The van der Waals surface area contributed by atoms with Crippen molar-refractivity contribution in [1.29, 1.82) is 0 Å². The van der Waals surface area contributed by atoms with Crippen LogP contribution in [0, 0.1) is 23.7 Å². The number of rotatable bonds is 11. The van der Waals surface area contributed by atoms with Crippen LogP contribution in [0.25, 0.3) is 0 Å². The Morgan fingerprint density at radius 1 is 1.23 bits per heavy atom. The van der Waals surface area contributed by atoms with E-state index >= 15 is 0 Å². The first kappa shape index (κ1) is 26.9. The van der Waals surface area contributed by atoms with Gasteiger partial charge in [0.25, 0.3) is 0 Å². The fourth-order valence-electron chi connectivity index (χ4n) is 4.95. The van der Waals surface area contributed by atoms with Crippen molar-refractivity contribution >= 4 is 12.4 Å². The molecule has 0 aromatic carbocycles. The van der Waals surface area contributed by atoms with Crippen molar-refractivity contribution < 1.29 is 0 Å². The predicted molar refractivity (Wildman–Crippen MR) is 154 cm³/mol. The molecule has 0 aromatic heterocycles. The molecule has 35 heavy (non-hydrogen) atoms. The van der Waals surface area contributed by atoms with Gasteiger partial charge in [-0.3, -0.25) is 9.98 Å². The van der Waals surface area contributed by atoms with Gasteiger partial charge in [0.1, 0.15) is 0 Å². The molecule has 0 aromatic rings. The third kappa shape index (κ3) is 8.19. The van der Waals surface area contributed by atoms with Crippen LogP contribution in [0.5, 0.6) is 0 Å². The summed E-state index contributed by atoms with van der Waals surface area (Å²) in [6.07, 6.45) is 26.3. The minimum absolute atomic E-state index is 0.462. The quantitative estimate of drug-likeness (QED) is 0.222. The Kier molecular flexibility index (Phi) is 10.3. The second kappa shape index (κ2) is 13.4. The summed E-state index contributed by atoms with van der Waals surface area (Å²) in [4.78, 5) is 11.3. The van der Waals surface area contributed by atoms with Gasteiger partial charge in [-0.2, -0.15) is 0 Å². The zero-order valence-electron chi connectivity index (χ0n) is 22.4. The third-order valence-corrected chi connectivity index (χ3v) is 7.68. The van der Waals surface area contributed by atoms with Crippen molar-refractivity contribution in [3.8, 4) is 0 Å². The minimum Gasteiger partial charge on any atom is -0.374 e. The molecule has 188 valence electrons. The van der Waals surface area contributed by atoms with E-state index in [0.29, 0.717) is 11.8 Å². The molecular formula is C32H45N3. The molecule has 0 spiro atoms. The number of nitrogens with zero attached hydrogens (tertiary/aromatic N) is 3. The van der Waals surface area contributed by atoms with E-state index in [1.807, 2.05) is 25.7 Å². The Bertz CT molecular complexity index is 961. The average Bonchev–Trinajstić information content (AvgIpc) is 3.02. The molecule has 3 aliphatic rings. The fraction of sp³-hybridized carbons (Fsp3) is 0.500. The normalized spacial score (nSPS) is 23.6. The summed E-state index contributed by atoms with van der Waals surface area (Å²) in [5, 5.41) is 0. The van der Waals surface area contributed by atoms with Crippen LogP contribution in [0.15, 0.2) is 93.8 Å². The van der Waals surface area contributed by atoms with Gasteiger partial charge in [0.05, 0.1) is 0 Å². The van der Waals surface area contributed by atoms with Gasteiger partial charge in [0.15, 0.2) is 0 Å². The van der Waals surface area contributed by atoms with Crippen LogP contribution in [0.2, 0.25) is 0 Å². The summed E-state index contributed by atoms with van der Waals surface area (Å²) in [7, 11) is 1.83. The molecular weight excluding hydrogens is 426 g/mol. The summed E-state index contributed by atoms with van der Waals surface area (Å²) < 4.78 is 0. The molecule has 1 heterocycles. The first-order chi connectivity index (χ1) is 16.9. The molecule has 3 nitrogen and oxygen atoms in total. The molecule has 1 aliphatic heterocycles. The monoisotopic (exact) mass is 471 g/mol. The topological polar surface area (TPSA) is 28.0 Å². The number of allylic oxidation sites excluding steroid dienone is 10. The predicted octanol–water partition coefficient (Wildman–Crippen LogP) is 7.88. The lowest BCUT2D eigenvalue weighted by Gasteiger charge is -2.42. The van der Waals surface area contributed by atoms with Crippen molar-refractivity contribution in [3.63, 3.8) is 0 Å². The van der Waals surface area contributed by atoms with Crippen LogP contribution in [0.3, 0.4) is 0 Å². The van der Waals surface area contributed by atoms with Crippen LogP contribution in [0.4, 0.5) is 0 Å². The summed E-state index contributed by atoms with van der Waals surface area (Å²) in [6.45, 7) is 17.4. The van der Waals surface area contributed by atoms with Gasteiger partial charge in [-0.1, -0.05) is 69.0 Å². The number of aliphatic imine (C=N–C) groups is 2. The lowest BCUT2D eigenvalue weighted by Crippen LogP contribution is -2.45. The van der Waals surface area contributed by atoms with E-state index in [9.17, 15) is 0 Å². The van der Waals surface area contributed by atoms with Gasteiger partial charge in [0.2, 0.25) is 0 Å². The maximum atomic E-state index is 4.65. The Morgan fingerprint density at radius 3 is 2.69 bits per heavy atom. The van der Waals surface area contributed by atoms with E-state index < -0.39 is 0 Å². The molecule has 0 bridgehead atoms. The molecule has 3 rings (SSSR count). The van der Waals surface area contributed by atoms with Gasteiger partial charge in [0, 0.05) is 56.0 Å². The molecule has 1 saturated heterocycles. The largest absolute Gasteiger partial charge is 0.374 e. The van der Waals surface area contributed by atoms with Crippen molar-refractivity contribution in [2.24, 2.45) is 33.7 Å². The first-order valence-electron chi connectivity index (χ1n) is 13.4. The van der Waals surface area contributed by atoms with Crippen LogP contribution >= 0.6 is 0 Å². The van der Waals surface area contributed by atoms with E-state index in [4.69, 9.17) is 0 Å². The molecule has 2 unspecified atom stereocenters. The van der Waals surface area contributed by atoms with Gasteiger partial charge < -0.3 is 4.90 Å². The van der Waals surface area contributed by atoms with Gasteiger partial charge in [-0.15, -0.1) is 0 Å². The molecule has 1 fully saturated rings. The fourth-order valence-corrected chi connectivity index (χ4v) is 4.95. The zero-order chi connectivity index (χ0) is 25.2. The van der Waals surface area contributed by atoms with Crippen molar-refractivity contribution in [3.05, 3.63) is 83.8 Å². The maximum Gasteiger partial charge on any atom is 0.0358 e. The van der Waals surface area contributed by atoms with Gasteiger partial charge in [-0.25, -0.2) is 0 Å². The highest BCUT2D eigenvalue weighted by Crippen LogP contribution is 2.32. The highest BCUT2D eigenvalue weighted by Gasteiger charge is 2.27. The van der Waals surface area contributed by atoms with Crippen LogP contribution in [-0.2, 0) is 0 Å². The minimum atomic E-state index is 0.462. The first-order valence-corrected chi connectivity index (χ1v) is 13.4. The number of hydrogen-bond donors (Lipinski definition) is 0. The number of hydrogen-bond acceptors (Lipinski definition) is 3. The molecule has 0 N–H and O–H groups in total. The Hall–Kier alpha value is -2.68. The Balaban J connectivity index is 1.47. The lowest BCUT2D eigenvalue weighted by atomic mass is 9.81. The van der Waals surface area contributed by atoms with E-state index in [0.717, 1.165) is 68.2 Å². The van der Waals surface area contributed by atoms with E-state index in [2.05, 4.69) is 85.3 Å². The second-order valence-corrected chi connectivity index (χ2v) is 10.7. The van der Waals surface area contributed by atoms with Crippen LogP contribution < -0.4 is 0 Å². The van der Waals surface area contributed by atoms with Crippen LogP contribution in [0.1, 0.15) is 59.3 Å². The third-order valence-electron chi connectivity index (χ3n) is 7.68. The Morgan fingerprint density at radius 2 is 2.03 bits per heavy atom. The summed E-state index contributed by atoms with van der Waals surface area (Å²) in [6, 6.07) is 0. The number of likely N-dealkylation sites (tertiary alicyclic amines) is 1. The molecule has 3 heteroatoms. The smallest absolute Gasteiger partial charge is 0.0358 e. The average molecular weight is 472 g/mol. The molecule has 2 aliphatic carbocycles. The van der Waals surface area contributed by atoms with Crippen molar-refractivity contribution in [1.82, 2.24) is 4.90 Å². The van der Waals surface area contributed by atoms with E-state index in [1.165, 1.54) is 23.3 Å². The van der Waals surface area contributed by atoms with Gasteiger partial charge >= 0.3 is 0 Å². The zero-order valence-corrected chi connectivity index (χ0v) is 22.4. The Labute approximate surface area is 214 Å². The summed E-state index contributed by atoms with van der Waals surface area (Å²) in [5.41, 5.74) is 6.22. The highest BCUT2D eigenvalue weighted by atomic mass is 15.2. The van der Waals surface area contributed by atoms with Gasteiger partial charge in [-0.05, 0) is 74.3 Å². The maximum absolute atomic E-state index is 4.65. The van der Waals surface area contributed by atoms with E-state index in [1.54, 1.807) is 0 Å².